The molecule has 1 aromatic carbocycles. The molecule has 1 heterocycles. The first-order valence-corrected chi connectivity index (χ1v) is 6.87. The molecule has 0 radical (unpaired) electrons. The number of thiazole rings is 1. The van der Waals surface area contributed by atoms with Gasteiger partial charge in [-0.05, 0) is 13.0 Å². The van der Waals surface area contributed by atoms with Gasteiger partial charge in [-0.25, -0.2) is 9.78 Å². The van der Waals surface area contributed by atoms with E-state index in [9.17, 15) is 4.79 Å². The van der Waals surface area contributed by atoms with Gasteiger partial charge < -0.3 is 9.84 Å². The van der Waals surface area contributed by atoms with E-state index < -0.39 is 12.1 Å². The summed E-state index contributed by atoms with van der Waals surface area (Å²) in [5, 5.41) is 12.0. The number of halogens is 1. The first-order chi connectivity index (χ1) is 9.08. The lowest BCUT2D eigenvalue weighted by Gasteiger charge is -2.05. The van der Waals surface area contributed by atoms with Crippen LogP contribution < -0.4 is 0 Å². The number of carboxylic acids is 1. The number of hydrogen-bond acceptors (Lipinski definition) is 4. The normalized spacial score (nSPS) is 12.3. The van der Waals surface area contributed by atoms with Crippen LogP contribution in [-0.2, 0) is 16.1 Å². The Labute approximate surface area is 119 Å². The zero-order chi connectivity index (χ0) is 13.8. The quantitative estimate of drug-likeness (QED) is 0.918. The number of carboxylic acid groups (broad SMARTS) is 1. The van der Waals surface area contributed by atoms with Gasteiger partial charge in [-0.3, -0.25) is 0 Å². The van der Waals surface area contributed by atoms with Crippen LogP contribution in [0.1, 0.15) is 12.6 Å². The van der Waals surface area contributed by atoms with Gasteiger partial charge in [0.2, 0.25) is 0 Å². The maximum absolute atomic E-state index is 10.6. The Morgan fingerprint density at radius 1 is 1.53 bits per heavy atom. The van der Waals surface area contributed by atoms with E-state index in [1.807, 2.05) is 23.6 Å². The number of rotatable bonds is 5. The van der Waals surface area contributed by atoms with Crippen LogP contribution in [0.2, 0.25) is 5.02 Å². The fourth-order valence-electron chi connectivity index (χ4n) is 1.41. The predicted molar refractivity (Wildman–Crippen MR) is 74.4 cm³/mol. The summed E-state index contributed by atoms with van der Waals surface area (Å²) in [7, 11) is 0. The largest absolute Gasteiger partial charge is 0.479 e. The molecule has 0 saturated carbocycles. The lowest BCUT2D eigenvalue weighted by Crippen LogP contribution is -2.19. The van der Waals surface area contributed by atoms with Crippen LogP contribution >= 0.6 is 22.9 Å². The molecule has 0 spiro atoms. The predicted octanol–water partition coefficient (Wildman–Crippen LogP) is 3.45. The van der Waals surface area contributed by atoms with Crippen molar-refractivity contribution >= 4 is 28.9 Å². The number of nitrogens with zero attached hydrogens (tertiary/aromatic N) is 1. The Morgan fingerprint density at radius 3 is 2.95 bits per heavy atom. The molecule has 100 valence electrons. The van der Waals surface area contributed by atoms with Gasteiger partial charge in [-0.2, -0.15) is 0 Å². The Balaban J connectivity index is 2.08. The Morgan fingerprint density at radius 2 is 2.26 bits per heavy atom. The minimum absolute atomic E-state index is 0.175. The molecule has 0 amide bonds. The molecule has 1 N–H and O–H groups in total. The average Bonchev–Trinajstić information content (AvgIpc) is 2.85. The van der Waals surface area contributed by atoms with Crippen molar-refractivity contribution in [3.63, 3.8) is 0 Å². The molecular formula is C13H12ClNO3S. The molecule has 0 saturated heterocycles. The van der Waals surface area contributed by atoms with Gasteiger partial charge in [0.05, 0.1) is 17.3 Å². The van der Waals surface area contributed by atoms with Crippen molar-refractivity contribution in [2.75, 3.05) is 0 Å². The molecule has 0 unspecified atom stereocenters. The number of ether oxygens (including phenoxy) is 1. The summed E-state index contributed by atoms with van der Waals surface area (Å²) in [6.45, 7) is 1.66. The van der Waals surface area contributed by atoms with Crippen LogP contribution in [-0.4, -0.2) is 22.2 Å². The molecule has 19 heavy (non-hydrogen) atoms. The number of benzene rings is 1. The first kappa shape index (κ1) is 14.0. The van der Waals surface area contributed by atoms with E-state index >= 15 is 0 Å². The number of aliphatic carboxylic acids is 1. The van der Waals surface area contributed by atoms with E-state index in [4.69, 9.17) is 21.4 Å². The SMILES string of the molecule is C[C@H](OCc1csc(-c2ccccc2Cl)n1)C(=O)O. The second kappa shape index (κ2) is 6.14. The van der Waals surface area contributed by atoms with Crippen LogP contribution in [0.15, 0.2) is 29.6 Å². The molecule has 0 bridgehead atoms. The third kappa shape index (κ3) is 3.53. The van der Waals surface area contributed by atoms with Gasteiger partial charge in [0.15, 0.2) is 6.10 Å². The lowest BCUT2D eigenvalue weighted by atomic mass is 10.2. The van der Waals surface area contributed by atoms with Crippen molar-refractivity contribution in [2.45, 2.75) is 19.6 Å². The fourth-order valence-corrected chi connectivity index (χ4v) is 2.54. The molecule has 0 aliphatic rings. The highest BCUT2D eigenvalue weighted by Gasteiger charge is 2.13. The molecule has 1 aromatic heterocycles. The van der Waals surface area contributed by atoms with E-state index in [0.29, 0.717) is 10.7 Å². The standard InChI is InChI=1S/C13H12ClNO3S/c1-8(13(16)17)18-6-9-7-19-12(15-9)10-4-2-3-5-11(10)14/h2-5,7-8H,6H2,1H3,(H,16,17)/t8-/m0/s1. The van der Waals surface area contributed by atoms with Gasteiger partial charge in [0.1, 0.15) is 5.01 Å². The van der Waals surface area contributed by atoms with Crippen molar-refractivity contribution in [2.24, 2.45) is 0 Å². The van der Waals surface area contributed by atoms with Crippen molar-refractivity contribution in [3.05, 3.63) is 40.4 Å². The van der Waals surface area contributed by atoms with Crippen molar-refractivity contribution < 1.29 is 14.6 Å². The van der Waals surface area contributed by atoms with E-state index in [1.165, 1.54) is 18.3 Å². The zero-order valence-corrected chi connectivity index (χ0v) is 11.7. The lowest BCUT2D eigenvalue weighted by molar-refractivity contribution is -0.149. The topological polar surface area (TPSA) is 59.4 Å². The van der Waals surface area contributed by atoms with Crippen molar-refractivity contribution in [3.8, 4) is 10.6 Å². The van der Waals surface area contributed by atoms with Gasteiger partial charge >= 0.3 is 5.97 Å². The minimum atomic E-state index is -0.985. The Bertz CT molecular complexity index is 585. The molecule has 0 aliphatic heterocycles. The molecule has 4 nitrogen and oxygen atoms in total. The molecule has 2 aromatic rings. The number of aromatic nitrogens is 1. The van der Waals surface area contributed by atoms with Gasteiger partial charge in [0.25, 0.3) is 0 Å². The van der Waals surface area contributed by atoms with Crippen LogP contribution in [0.4, 0.5) is 0 Å². The fraction of sp³-hybridized carbons (Fsp3) is 0.231. The summed E-state index contributed by atoms with van der Waals surface area (Å²) in [4.78, 5) is 15.0. The summed E-state index contributed by atoms with van der Waals surface area (Å²) in [6, 6.07) is 7.45. The zero-order valence-electron chi connectivity index (χ0n) is 10.2. The first-order valence-electron chi connectivity index (χ1n) is 5.61. The van der Waals surface area contributed by atoms with Gasteiger partial charge in [0, 0.05) is 10.9 Å². The van der Waals surface area contributed by atoms with E-state index in [2.05, 4.69) is 4.98 Å². The molecule has 1 atom stereocenters. The average molecular weight is 298 g/mol. The third-order valence-electron chi connectivity index (χ3n) is 2.48. The Kier molecular flexibility index (Phi) is 4.52. The molecule has 2 rings (SSSR count). The highest BCUT2D eigenvalue weighted by Crippen LogP contribution is 2.30. The maximum atomic E-state index is 10.6. The van der Waals surface area contributed by atoms with Gasteiger partial charge in [-0.15, -0.1) is 11.3 Å². The highest BCUT2D eigenvalue weighted by molar-refractivity contribution is 7.13. The van der Waals surface area contributed by atoms with E-state index in [-0.39, 0.29) is 6.61 Å². The van der Waals surface area contributed by atoms with Crippen LogP contribution in [0.5, 0.6) is 0 Å². The highest BCUT2D eigenvalue weighted by atomic mass is 35.5. The van der Waals surface area contributed by atoms with Crippen LogP contribution in [0, 0.1) is 0 Å². The van der Waals surface area contributed by atoms with Crippen LogP contribution in [0.25, 0.3) is 10.6 Å². The van der Waals surface area contributed by atoms with Crippen molar-refractivity contribution in [1.82, 2.24) is 4.98 Å². The van der Waals surface area contributed by atoms with Crippen molar-refractivity contribution in [1.29, 1.82) is 0 Å². The van der Waals surface area contributed by atoms with E-state index in [1.54, 1.807) is 6.07 Å². The monoisotopic (exact) mass is 297 g/mol. The smallest absolute Gasteiger partial charge is 0.332 e. The van der Waals surface area contributed by atoms with Gasteiger partial charge in [-0.1, -0.05) is 29.8 Å². The number of carbonyl (C=O) groups is 1. The summed E-state index contributed by atoms with van der Waals surface area (Å²) in [5.41, 5.74) is 1.57. The van der Waals surface area contributed by atoms with E-state index in [0.717, 1.165) is 10.6 Å². The minimum Gasteiger partial charge on any atom is -0.479 e. The summed E-state index contributed by atoms with van der Waals surface area (Å²) in [5.74, 6) is -0.985. The molecule has 6 heteroatoms. The summed E-state index contributed by atoms with van der Waals surface area (Å²) < 4.78 is 5.18. The maximum Gasteiger partial charge on any atom is 0.332 e. The van der Waals surface area contributed by atoms with Crippen LogP contribution in [0.3, 0.4) is 0 Å². The second-order valence-corrected chi connectivity index (χ2v) is 5.18. The molecule has 0 fully saturated rings. The number of hydrogen-bond donors (Lipinski definition) is 1. The third-order valence-corrected chi connectivity index (χ3v) is 3.74. The Hall–Kier alpha value is -1.43. The summed E-state index contributed by atoms with van der Waals surface area (Å²) in [6.07, 6.45) is -0.842. The summed E-state index contributed by atoms with van der Waals surface area (Å²) >= 11 is 7.55. The molecule has 0 aliphatic carbocycles. The molecular weight excluding hydrogens is 286 g/mol. The second-order valence-electron chi connectivity index (χ2n) is 3.92.